The Bertz CT molecular complexity index is 401. The van der Waals surface area contributed by atoms with Crippen LogP contribution in [0.4, 0.5) is 0 Å². The second-order valence-corrected chi connectivity index (χ2v) is 5.81. The lowest BCUT2D eigenvalue weighted by Gasteiger charge is -2.25. The van der Waals surface area contributed by atoms with Gasteiger partial charge in [0.15, 0.2) is 0 Å². The van der Waals surface area contributed by atoms with Gasteiger partial charge in [-0.25, -0.2) is 0 Å². The van der Waals surface area contributed by atoms with Gasteiger partial charge in [-0.05, 0) is 60.3 Å². The fraction of sp³-hybridized carbons (Fsp3) is 0.714. The largest absolute Gasteiger partial charge is 0.381 e. The van der Waals surface area contributed by atoms with Crippen LogP contribution in [0.1, 0.15) is 95.4 Å². The van der Waals surface area contributed by atoms with Crippen LogP contribution in [0.15, 0.2) is 12.1 Å². The zero-order chi connectivity index (χ0) is 17.1. The number of ether oxygens (including phenoxy) is 1. The molecule has 1 aliphatic heterocycles. The minimum Gasteiger partial charge on any atom is -0.381 e. The van der Waals surface area contributed by atoms with Crippen LogP contribution in [0.3, 0.4) is 0 Å². The Morgan fingerprint density at radius 3 is 2.05 bits per heavy atom. The van der Waals surface area contributed by atoms with Gasteiger partial charge in [0, 0.05) is 13.2 Å². The highest BCUT2D eigenvalue weighted by atomic mass is 16.5. The maximum Gasteiger partial charge on any atom is 0.0471 e. The molecule has 1 aliphatic rings. The third-order valence-electron chi connectivity index (χ3n) is 4.15. The molecule has 0 atom stereocenters. The SMILES string of the molecule is CC.CC.CCc1cc(C2CCOCC2)cc(C)c1C(C)C. The van der Waals surface area contributed by atoms with Crippen LogP contribution >= 0.6 is 0 Å². The Labute approximate surface area is 139 Å². The first-order valence-corrected chi connectivity index (χ1v) is 9.34. The van der Waals surface area contributed by atoms with Crippen molar-refractivity contribution in [1.82, 2.24) is 0 Å². The zero-order valence-corrected chi connectivity index (χ0v) is 16.3. The van der Waals surface area contributed by atoms with Gasteiger partial charge in [0.05, 0.1) is 0 Å². The molecule has 1 aromatic carbocycles. The van der Waals surface area contributed by atoms with Crippen molar-refractivity contribution in [3.8, 4) is 0 Å². The number of aryl methyl sites for hydroxylation is 2. The summed E-state index contributed by atoms with van der Waals surface area (Å²) >= 11 is 0. The predicted molar refractivity (Wildman–Crippen MR) is 100 cm³/mol. The molecule has 0 radical (unpaired) electrons. The first kappa shape index (κ1) is 21.2. The van der Waals surface area contributed by atoms with Gasteiger partial charge in [-0.15, -0.1) is 0 Å². The standard InChI is InChI=1S/C17H26O.2C2H6/c1-5-14-11-16(15-6-8-18-9-7-15)10-13(4)17(14)12(2)3;2*1-2/h10-12,15H,5-9H2,1-4H3;2*1-2H3. The molecule has 22 heavy (non-hydrogen) atoms. The Balaban J connectivity index is 0.00000102. The van der Waals surface area contributed by atoms with Gasteiger partial charge in [0.1, 0.15) is 0 Å². The number of hydrogen-bond acceptors (Lipinski definition) is 1. The van der Waals surface area contributed by atoms with Crippen LogP contribution in [0, 0.1) is 6.92 Å². The molecule has 0 saturated carbocycles. The Morgan fingerprint density at radius 2 is 1.59 bits per heavy atom. The molecule has 0 unspecified atom stereocenters. The van der Waals surface area contributed by atoms with Gasteiger partial charge in [-0.2, -0.15) is 0 Å². The van der Waals surface area contributed by atoms with Gasteiger partial charge < -0.3 is 4.74 Å². The van der Waals surface area contributed by atoms with E-state index in [4.69, 9.17) is 4.74 Å². The third kappa shape index (κ3) is 5.76. The van der Waals surface area contributed by atoms with Crippen LogP contribution in [-0.2, 0) is 11.2 Å². The van der Waals surface area contributed by atoms with Crippen molar-refractivity contribution < 1.29 is 4.74 Å². The van der Waals surface area contributed by atoms with E-state index in [1.54, 1.807) is 11.1 Å². The average molecular weight is 307 g/mol. The van der Waals surface area contributed by atoms with Gasteiger partial charge in [0.2, 0.25) is 0 Å². The van der Waals surface area contributed by atoms with Crippen molar-refractivity contribution in [2.45, 2.75) is 86.5 Å². The van der Waals surface area contributed by atoms with E-state index < -0.39 is 0 Å². The van der Waals surface area contributed by atoms with Crippen LogP contribution in [0.2, 0.25) is 0 Å². The van der Waals surface area contributed by atoms with Crippen LogP contribution < -0.4 is 0 Å². The summed E-state index contributed by atoms with van der Waals surface area (Å²) in [5.74, 6) is 1.34. The quantitative estimate of drug-likeness (QED) is 0.609. The van der Waals surface area contributed by atoms with E-state index in [1.807, 2.05) is 27.7 Å². The second kappa shape index (κ2) is 11.7. The third-order valence-corrected chi connectivity index (χ3v) is 4.15. The van der Waals surface area contributed by atoms with Gasteiger partial charge in [0.25, 0.3) is 0 Å². The lowest BCUT2D eigenvalue weighted by Crippen LogP contribution is -2.15. The molecule has 1 saturated heterocycles. The molecule has 2 rings (SSSR count). The minimum absolute atomic E-state index is 0.628. The minimum atomic E-state index is 0.628. The molecule has 1 fully saturated rings. The molecule has 0 amide bonds. The molecule has 0 aromatic heterocycles. The van der Waals surface area contributed by atoms with Crippen molar-refractivity contribution in [2.75, 3.05) is 13.2 Å². The molecule has 0 N–H and O–H groups in total. The van der Waals surface area contributed by atoms with E-state index in [1.165, 1.54) is 24.0 Å². The molecule has 0 aliphatic carbocycles. The molecule has 1 nitrogen and oxygen atoms in total. The van der Waals surface area contributed by atoms with Gasteiger partial charge in [-0.3, -0.25) is 0 Å². The van der Waals surface area contributed by atoms with Crippen LogP contribution in [0.5, 0.6) is 0 Å². The lowest BCUT2D eigenvalue weighted by atomic mass is 9.84. The van der Waals surface area contributed by atoms with Crippen molar-refractivity contribution in [2.24, 2.45) is 0 Å². The van der Waals surface area contributed by atoms with Crippen LogP contribution in [-0.4, -0.2) is 13.2 Å². The van der Waals surface area contributed by atoms with Crippen molar-refractivity contribution in [3.05, 3.63) is 34.4 Å². The second-order valence-electron chi connectivity index (χ2n) is 5.81. The average Bonchev–Trinajstić information content (AvgIpc) is 2.58. The molecule has 0 bridgehead atoms. The van der Waals surface area contributed by atoms with E-state index in [0.717, 1.165) is 19.6 Å². The summed E-state index contributed by atoms with van der Waals surface area (Å²) in [4.78, 5) is 0. The van der Waals surface area contributed by atoms with Gasteiger partial charge in [-0.1, -0.05) is 60.6 Å². The fourth-order valence-corrected chi connectivity index (χ4v) is 3.29. The summed E-state index contributed by atoms with van der Waals surface area (Å²) < 4.78 is 5.47. The number of hydrogen-bond donors (Lipinski definition) is 0. The summed E-state index contributed by atoms with van der Waals surface area (Å²) in [6, 6.07) is 4.88. The molecule has 128 valence electrons. The lowest BCUT2D eigenvalue weighted by molar-refractivity contribution is 0.0853. The van der Waals surface area contributed by atoms with E-state index in [2.05, 4.69) is 39.8 Å². The molecule has 1 heteroatoms. The van der Waals surface area contributed by atoms with Crippen molar-refractivity contribution in [1.29, 1.82) is 0 Å². The first-order valence-electron chi connectivity index (χ1n) is 9.34. The topological polar surface area (TPSA) is 9.23 Å². The van der Waals surface area contributed by atoms with Crippen LogP contribution in [0.25, 0.3) is 0 Å². The molecular formula is C21H38O. The highest BCUT2D eigenvalue weighted by Crippen LogP contribution is 2.32. The van der Waals surface area contributed by atoms with E-state index in [9.17, 15) is 0 Å². The molecule has 1 aromatic rings. The van der Waals surface area contributed by atoms with E-state index in [0.29, 0.717) is 11.8 Å². The van der Waals surface area contributed by atoms with Gasteiger partial charge >= 0.3 is 0 Å². The Hall–Kier alpha value is -0.820. The molecular weight excluding hydrogens is 268 g/mol. The summed E-state index contributed by atoms with van der Waals surface area (Å²) in [7, 11) is 0. The smallest absolute Gasteiger partial charge is 0.0471 e. The summed E-state index contributed by atoms with van der Waals surface area (Å²) in [6.07, 6.45) is 3.51. The summed E-state index contributed by atoms with van der Waals surface area (Å²) in [6.45, 7) is 19.0. The predicted octanol–water partition coefficient (Wildman–Crippen LogP) is 6.63. The number of benzene rings is 1. The Kier molecular flexibility index (Phi) is 11.3. The normalized spacial score (nSPS) is 14.8. The van der Waals surface area contributed by atoms with Crippen molar-refractivity contribution in [3.63, 3.8) is 0 Å². The monoisotopic (exact) mass is 306 g/mol. The fourth-order valence-electron chi connectivity index (χ4n) is 3.29. The van der Waals surface area contributed by atoms with Crippen molar-refractivity contribution >= 4 is 0 Å². The molecule has 1 heterocycles. The summed E-state index contributed by atoms with van der Waals surface area (Å²) in [5, 5.41) is 0. The highest BCUT2D eigenvalue weighted by molar-refractivity contribution is 5.42. The van der Waals surface area contributed by atoms with E-state index in [-0.39, 0.29) is 0 Å². The van der Waals surface area contributed by atoms with E-state index >= 15 is 0 Å². The Morgan fingerprint density at radius 1 is 1.05 bits per heavy atom. The number of rotatable bonds is 3. The molecule has 0 spiro atoms. The first-order chi connectivity index (χ1) is 10.6. The maximum absolute atomic E-state index is 5.47. The summed E-state index contributed by atoms with van der Waals surface area (Å²) in [5.41, 5.74) is 6.13. The maximum atomic E-state index is 5.47. The zero-order valence-electron chi connectivity index (χ0n) is 16.3. The highest BCUT2D eigenvalue weighted by Gasteiger charge is 2.18.